The van der Waals surface area contributed by atoms with Gasteiger partial charge in [-0.05, 0) is 42.3 Å². The van der Waals surface area contributed by atoms with Gasteiger partial charge in [-0.15, -0.1) is 11.3 Å². The molecule has 1 aromatic carbocycles. The topological polar surface area (TPSA) is 50.7 Å². The Bertz CT molecular complexity index is 1030. The number of thiophene rings is 1. The van der Waals surface area contributed by atoms with Crippen LogP contribution in [-0.4, -0.2) is 15.0 Å². The largest absolute Gasteiger partial charge is 0.365 e. The van der Waals surface area contributed by atoms with Gasteiger partial charge in [-0.2, -0.15) is 0 Å². The molecule has 0 aliphatic heterocycles. The average Bonchev–Trinajstić information content (AvgIpc) is 3.11. The number of benzene rings is 1. The molecule has 26 heavy (non-hydrogen) atoms. The zero-order valence-electron chi connectivity index (χ0n) is 14.2. The molecule has 1 N–H and O–H groups in total. The number of fused-ring (bicyclic) bond motifs is 1. The van der Waals surface area contributed by atoms with Gasteiger partial charge < -0.3 is 5.32 Å². The van der Waals surface area contributed by atoms with Crippen LogP contribution in [0.2, 0.25) is 0 Å². The molecule has 0 aliphatic rings. The highest BCUT2D eigenvalue weighted by Gasteiger charge is 2.13. The minimum atomic E-state index is -0.235. The molecule has 0 fully saturated rings. The maximum atomic E-state index is 13.1. The summed E-state index contributed by atoms with van der Waals surface area (Å²) in [4.78, 5) is 16.0. The summed E-state index contributed by atoms with van der Waals surface area (Å²) in [6.45, 7) is 2.69. The van der Waals surface area contributed by atoms with Gasteiger partial charge in [-0.3, -0.25) is 4.98 Å². The number of hydrogen-bond donors (Lipinski definition) is 1. The smallest absolute Gasteiger partial charge is 0.181 e. The van der Waals surface area contributed by atoms with Crippen LogP contribution in [0.5, 0.6) is 0 Å². The highest BCUT2D eigenvalue weighted by molar-refractivity contribution is 7.18. The molecule has 0 atom stereocenters. The Morgan fingerprint density at radius 2 is 1.92 bits per heavy atom. The standard InChI is InChI=1S/C20H17FN4S/c1-2-15-11-16-18(23-12-13-6-8-14(21)9-7-13)24-19(25-20(16)26-15)17-5-3-4-10-22-17/h3-11H,2,12H2,1H3,(H,23,24,25). The molecular formula is C20H17FN4S. The first-order valence-electron chi connectivity index (χ1n) is 8.43. The van der Waals surface area contributed by atoms with Gasteiger partial charge in [-0.1, -0.05) is 25.1 Å². The molecular weight excluding hydrogens is 347 g/mol. The fourth-order valence-corrected chi connectivity index (χ4v) is 3.65. The Morgan fingerprint density at radius 3 is 2.65 bits per heavy atom. The van der Waals surface area contributed by atoms with E-state index in [4.69, 9.17) is 9.97 Å². The fourth-order valence-electron chi connectivity index (χ4n) is 2.68. The summed E-state index contributed by atoms with van der Waals surface area (Å²) in [5, 5.41) is 4.38. The Hall–Kier alpha value is -2.86. The highest BCUT2D eigenvalue weighted by Crippen LogP contribution is 2.31. The lowest BCUT2D eigenvalue weighted by atomic mass is 10.2. The molecule has 0 saturated heterocycles. The zero-order chi connectivity index (χ0) is 17.9. The summed E-state index contributed by atoms with van der Waals surface area (Å²) in [6.07, 6.45) is 2.69. The van der Waals surface area contributed by atoms with Crippen molar-refractivity contribution in [3.05, 3.63) is 71.0 Å². The molecule has 0 aliphatic carbocycles. The van der Waals surface area contributed by atoms with Crippen LogP contribution in [0.15, 0.2) is 54.7 Å². The van der Waals surface area contributed by atoms with Gasteiger partial charge in [0, 0.05) is 17.6 Å². The summed E-state index contributed by atoms with van der Waals surface area (Å²) in [6, 6.07) is 14.3. The highest BCUT2D eigenvalue weighted by atomic mass is 32.1. The molecule has 0 radical (unpaired) electrons. The van der Waals surface area contributed by atoms with E-state index < -0.39 is 0 Å². The zero-order valence-corrected chi connectivity index (χ0v) is 15.1. The number of anilines is 1. The predicted molar refractivity (Wildman–Crippen MR) is 104 cm³/mol. The number of aryl methyl sites for hydroxylation is 1. The summed E-state index contributed by atoms with van der Waals surface area (Å²) in [7, 11) is 0. The predicted octanol–water partition coefficient (Wildman–Crippen LogP) is 5.07. The summed E-state index contributed by atoms with van der Waals surface area (Å²) in [5.41, 5.74) is 1.73. The van der Waals surface area contributed by atoms with Crippen molar-refractivity contribution in [2.75, 3.05) is 5.32 Å². The van der Waals surface area contributed by atoms with Gasteiger partial charge in [-0.25, -0.2) is 14.4 Å². The first kappa shape index (κ1) is 16.6. The van der Waals surface area contributed by atoms with Crippen LogP contribution >= 0.6 is 11.3 Å². The number of aromatic nitrogens is 3. The minimum absolute atomic E-state index is 0.235. The van der Waals surface area contributed by atoms with E-state index in [1.807, 2.05) is 18.2 Å². The molecule has 4 rings (SSSR count). The van der Waals surface area contributed by atoms with Crippen molar-refractivity contribution in [3.63, 3.8) is 0 Å². The SMILES string of the molecule is CCc1cc2c(NCc3ccc(F)cc3)nc(-c3ccccn3)nc2s1. The Kier molecular flexibility index (Phi) is 4.58. The third kappa shape index (κ3) is 3.41. The summed E-state index contributed by atoms with van der Waals surface area (Å²) in [5.74, 6) is 1.14. The van der Waals surface area contributed by atoms with Crippen LogP contribution < -0.4 is 5.32 Å². The quantitative estimate of drug-likeness (QED) is 0.537. The van der Waals surface area contributed by atoms with Crippen molar-refractivity contribution >= 4 is 27.4 Å². The number of nitrogens with one attached hydrogen (secondary N) is 1. The number of nitrogens with zero attached hydrogens (tertiary/aromatic N) is 3. The molecule has 0 saturated carbocycles. The third-order valence-electron chi connectivity index (χ3n) is 4.06. The summed E-state index contributed by atoms with van der Waals surface area (Å²) < 4.78 is 13.1. The van der Waals surface area contributed by atoms with Gasteiger partial charge in [0.05, 0.1) is 5.39 Å². The number of pyridine rings is 1. The van der Waals surface area contributed by atoms with E-state index in [1.54, 1.807) is 29.7 Å². The van der Waals surface area contributed by atoms with E-state index >= 15 is 0 Å². The number of halogens is 1. The molecule has 0 bridgehead atoms. The van der Waals surface area contributed by atoms with Crippen LogP contribution in [0.3, 0.4) is 0 Å². The maximum Gasteiger partial charge on any atom is 0.181 e. The van der Waals surface area contributed by atoms with Crippen LogP contribution in [-0.2, 0) is 13.0 Å². The Morgan fingerprint density at radius 1 is 1.08 bits per heavy atom. The van der Waals surface area contributed by atoms with E-state index in [0.717, 1.165) is 33.7 Å². The molecule has 0 amide bonds. The van der Waals surface area contributed by atoms with Crippen molar-refractivity contribution in [3.8, 4) is 11.5 Å². The van der Waals surface area contributed by atoms with Gasteiger partial charge in [0.25, 0.3) is 0 Å². The normalized spacial score (nSPS) is 11.0. The Balaban J connectivity index is 1.73. The second-order valence-electron chi connectivity index (χ2n) is 5.88. The molecule has 3 aromatic heterocycles. The van der Waals surface area contributed by atoms with E-state index in [0.29, 0.717) is 12.4 Å². The van der Waals surface area contributed by atoms with Gasteiger partial charge in [0.2, 0.25) is 0 Å². The number of rotatable bonds is 5. The lowest BCUT2D eigenvalue weighted by molar-refractivity contribution is 0.627. The van der Waals surface area contributed by atoms with E-state index in [9.17, 15) is 4.39 Å². The van der Waals surface area contributed by atoms with Crippen LogP contribution in [0.1, 0.15) is 17.4 Å². The second kappa shape index (κ2) is 7.17. The van der Waals surface area contributed by atoms with Gasteiger partial charge in [0.15, 0.2) is 5.82 Å². The first-order chi connectivity index (χ1) is 12.7. The summed E-state index contributed by atoms with van der Waals surface area (Å²) >= 11 is 1.68. The van der Waals surface area contributed by atoms with Gasteiger partial charge in [0.1, 0.15) is 22.2 Å². The van der Waals surface area contributed by atoms with E-state index in [2.05, 4.69) is 23.3 Å². The molecule has 4 nitrogen and oxygen atoms in total. The lowest BCUT2D eigenvalue weighted by Gasteiger charge is -2.09. The van der Waals surface area contributed by atoms with Crippen molar-refractivity contribution < 1.29 is 4.39 Å². The van der Waals surface area contributed by atoms with Crippen LogP contribution in [0.4, 0.5) is 10.2 Å². The molecule has 0 unspecified atom stereocenters. The maximum absolute atomic E-state index is 13.1. The number of hydrogen-bond acceptors (Lipinski definition) is 5. The lowest BCUT2D eigenvalue weighted by Crippen LogP contribution is -2.04. The average molecular weight is 364 g/mol. The molecule has 6 heteroatoms. The molecule has 130 valence electrons. The van der Waals surface area contributed by atoms with Crippen molar-refractivity contribution in [2.45, 2.75) is 19.9 Å². The fraction of sp³-hybridized carbons (Fsp3) is 0.150. The Labute approximate surface area is 154 Å². The first-order valence-corrected chi connectivity index (χ1v) is 9.25. The monoisotopic (exact) mass is 364 g/mol. The second-order valence-corrected chi connectivity index (χ2v) is 6.99. The van der Waals surface area contributed by atoms with Gasteiger partial charge >= 0.3 is 0 Å². The molecule has 3 heterocycles. The molecule has 0 spiro atoms. The van der Waals surface area contributed by atoms with Crippen molar-refractivity contribution in [2.24, 2.45) is 0 Å². The third-order valence-corrected chi connectivity index (χ3v) is 5.23. The van der Waals surface area contributed by atoms with Crippen LogP contribution in [0, 0.1) is 5.82 Å². The van der Waals surface area contributed by atoms with Crippen molar-refractivity contribution in [1.29, 1.82) is 0 Å². The minimum Gasteiger partial charge on any atom is -0.365 e. The van der Waals surface area contributed by atoms with E-state index in [-0.39, 0.29) is 5.82 Å². The van der Waals surface area contributed by atoms with E-state index in [1.165, 1.54) is 17.0 Å². The van der Waals surface area contributed by atoms with Crippen molar-refractivity contribution in [1.82, 2.24) is 15.0 Å². The van der Waals surface area contributed by atoms with Crippen LogP contribution in [0.25, 0.3) is 21.7 Å². The molecule has 4 aromatic rings.